The van der Waals surface area contributed by atoms with Gasteiger partial charge < -0.3 is 25.9 Å². The lowest BCUT2D eigenvalue weighted by molar-refractivity contribution is 0.0953. The van der Waals surface area contributed by atoms with E-state index in [9.17, 15) is 19.1 Å². The highest BCUT2D eigenvalue weighted by Gasteiger charge is 2.20. The molecule has 0 bridgehead atoms. The number of aliphatic hydroxyl groups excluding tert-OH is 1. The van der Waals surface area contributed by atoms with E-state index in [0.717, 1.165) is 0 Å². The van der Waals surface area contributed by atoms with E-state index in [4.69, 9.17) is 10.5 Å². The normalized spacial score (nSPS) is 10.9. The van der Waals surface area contributed by atoms with Gasteiger partial charge in [0.05, 0.1) is 23.5 Å². The van der Waals surface area contributed by atoms with Gasteiger partial charge in [0.1, 0.15) is 23.7 Å². The fourth-order valence-corrected chi connectivity index (χ4v) is 3.78. The lowest BCUT2D eigenvalue weighted by atomic mass is 9.99. The van der Waals surface area contributed by atoms with Crippen LogP contribution in [0.15, 0.2) is 59.5 Å². The van der Waals surface area contributed by atoms with E-state index in [1.165, 1.54) is 18.2 Å². The summed E-state index contributed by atoms with van der Waals surface area (Å²) in [6.07, 6.45) is 2.29. The lowest BCUT2D eigenvalue weighted by Crippen LogP contribution is -2.31. The second-order valence-electron chi connectivity index (χ2n) is 7.97. The number of anilines is 1. The van der Waals surface area contributed by atoms with Crippen molar-refractivity contribution < 1.29 is 19.0 Å². The van der Waals surface area contributed by atoms with Crippen molar-refractivity contribution in [3.8, 4) is 16.9 Å². The molecule has 0 aliphatic heterocycles. The number of pyridine rings is 2. The average Bonchev–Trinajstić information content (AvgIpc) is 2.87. The molecule has 0 aliphatic rings. The number of fused-ring (bicyclic) bond motifs is 1. The van der Waals surface area contributed by atoms with Gasteiger partial charge in [-0.2, -0.15) is 0 Å². The number of carbonyl (C=O) groups excluding carboxylic acids is 1. The molecule has 8 nitrogen and oxygen atoms in total. The highest BCUT2D eigenvalue weighted by molar-refractivity contribution is 6.09. The first-order valence-corrected chi connectivity index (χ1v) is 11.1. The van der Waals surface area contributed by atoms with Crippen molar-refractivity contribution in [2.75, 3.05) is 12.3 Å². The van der Waals surface area contributed by atoms with Crippen LogP contribution in [-0.4, -0.2) is 27.5 Å². The lowest BCUT2D eigenvalue weighted by Gasteiger charge is -2.14. The van der Waals surface area contributed by atoms with Crippen molar-refractivity contribution in [3.05, 3.63) is 87.7 Å². The van der Waals surface area contributed by atoms with Gasteiger partial charge in [0, 0.05) is 29.3 Å². The maximum atomic E-state index is 14.9. The van der Waals surface area contributed by atoms with Crippen molar-refractivity contribution in [2.24, 2.45) is 0 Å². The number of hydrogen-bond donors (Lipinski definition) is 4. The van der Waals surface area contributed by atoms with Gasteiger partial charge in [0.25, 0.3) is 11.5 Å². The number of aromatic nitrogens is 2. The number of nitrogens with zero attached hydrogens (tertiary/aromatic N) is 1. The number of amides is 1. The van der Waals surface area contributed by atoms with Crippen molar-refractivity contribution in [3.63, 3.8) is 0 Å². The number of nitrogens with two attached hydrogens (primary N) is 1. The smallest absolute Gasteiger partial charge is 0.263 e. The van der Waals surface area contributed by atoms with Crippen LogP contribution in [-0.2, 0) is 13.2 Å². The number of aromatic amines is 1. The number of halogens is 1. The Morgan fingerprint density at radius 3 is 2.80 bits per heavy atom. The van der Waals surface area contributed by atoms with Gasteiger partial charge in [-0.1, -0.05) is 25.1 Å². The SMILES string of the molecule is CCCNC(=O)c1c(N)c2cccc(-c3cc(OCc4cc(CO)ccn4)ccc3F)c2[nH]c1=O. The molecule has 0 saturated carbocycles. The first-order valence-electron chi connectivity index (χ1n) is 11.1. The minimum Gasteiger partial charge on any atom is -0.487 e. The third-order valence-electron chi connectivity index (χ3n) is 5.53. The van der Waals surface area contributed by atoms with Crippen LogP contribution in [0.5, 0.6) is 5.75 Å². The fraction of sp³-hybridized carbons (Fsp3) is 0.192. The fourth-order valence-electron chi connectivity index (χ4n) is 3.78. The first kappa shape index (κ1) is 23.9. The summed E-state index contributed by atoms with van der Waals surface area (Å²) in [5.41, 5.74) is 7.65. The number of hydrogen-bond acceptors (Lipinski definition) is 6. The molecule has 180 valence electrons. The maximum absolute atomic E-state index is 14.9. The minimum atomic E-state index is -0.654. The summed E-state index contributed by atoms with van der Waals surface area (Å²) in [5.74, 6) is -0.687. The Kier molecular flexibility index (Phi) is 7.07. The summed E-state index contributed by atoms with van der Waals surface area (Å²) in [7, 11) is 0. The van der Waals surface area contributed by atoms with Crippen molar-refractivity contribution in [1.82, 2.24) is 15.3 Å². The molecule has 0 saturated heterocycles. The van der Waals surface area contributed by atoms with Crippen molar-refractivity contribution >= 4 is 22.5 Å². The minimum absolute atomic E-state index is 0.0295. The number of H-pyrrole nitrogens is 1. The Hall–Kier alpha value is -4.24. The van der Waals surface area contributed by atoms with Gasteiger partial charge in [-0.25, -0.2) is 4.39 Å². The molecule has 9 heteroatoms. The predicted molar refractivity (Wildman–Crippen MR) is 131 cm³/mol. The molecule has 4 aromatic rings. The Morgan fingerprint density at radius 2 is 2.03 bits per heavy atom. The number of nitrogen functional groups attached to an aromatic ring is 1. The Labute approximate surface area is 200 Å². The first-order chi connectivity index (χ1) is 16.9. The molecular formula is C26H25FN4O4. The molecule has 35 heavy (non-hydrogen) atoms. The highest BCUT2D eigenvalue weighted by Crippen LogP contribution is 2.34. The molecule has 0 radical (unpaired) electrons. The van der Waals surface area contributed by atoms with E-state index < -0.39 is 17.3 Å². The molecule has 4 rings (SSSR count). The van der Waals surface area contributed by atoms with Gasteiger partial charge in [-0.05, 0) is 42.3 Å². The molecule has 0 spiro atoms. The molecule has 2 aromatic heterocycles. The highest BCUT2D eigenvalue weighted by atomic mass is 19.1. The Balaban J connectivity index is 1.72. The van der Waals surface area contributed by atoms with E-state index in [0.29, 0.717) is 46.4 Å². The van der Waals surface area contributed by atoms with E-state index in [-0.39, 0.29) is 30.0 Å². The molecule has 0 fully saturated rings. The summed E-state index contributed by atoms with van der Waals surface area (Å²) in [4.78, 5) is 32.1. The van der Waals surface area contributed by atoms with E-state index >= 15 is 0 Å². The zero-order valence-corrected chi connectivity index (χ0v) is 19.1. The van der Waals surface area contributed by atoms with E-state index in [1.807, 2.05) is 6.92 Å². The molecule has 0 atom stereocenters. The van der Waals surface area contributed by atoms with Crippen LogP contribution in [0.25, 0.3) is 22.0 Å². The number of carbonyl (C=O) groups is 1. The number of nitrogens with one attached hydrogen (secondary N) is 2. The van der Waals surface area contributed by atoms with Crippen molar-refractivity contribution in [1.29, 1.82) is 0 Å². The van der Waals surface area contributed by atoms with Gasteiger partial charge in [0.2, 0.25) is 0 Å². The van der Waals surface area contributed by atoms with Gasteiger partial charge in [0.15, 0.2) is 0 Å². The molecule has 2 heterocycles. The molecular weight excluding hydrogens is 451 g/mol. The van der Waals surface area contributed by atoms with E-state index in [1.54, 1.807) is 36.5 Å². The largest absolute Gasteiger partial charge is 0.487 e. The third kappa shape index (κ3) is 4.99. The van der Waals surface area contributed by atoms with Gasteiger partial charge in [-0.15, -0.1) is 0 Å². The second-order valence-corrected chi connectivity index (χ2v) is 7.97. The zero-order valence-electron chi connectivity index (χ0n) is 19.1. The van der Waals surface area contributed by atoms with Crippen LogP contribution in [0.1, 0.15) is 35.0 Å². The number of rotatable bonds is 8. The van der Waals surface area contributed by atoms with Crippen LogP contribution in [0.4, 0.5) is 10.1 Å². The number of ether oxygens (including phenoxy) is 1. The summed E-state index contributed by atoms with van der Waals surface area (Å²) in [6.45, 7) is 2.32. The van der Waals surface area contributed by atoms with Crippen LogP contribution < -0.4 is 21.3 Å². The third-order valence-corrected chi connectivity index (χ3v) is 5.53. The summed E-state index contributed by atoms with van der Waals surface area (Å²) in [6, 6.07) is 12.7. The van der Waals surface area contributed by atoms with Gasteiger partial charge in [-0.3, -0.25) is 14.6 Å². The van der Waals surface area contributed by atoms with E-state index in [2.05, 4.69) is 15.3 Å². The topological polar surface area (TPSA) is 130 Å². The summed E-state index contributed by atoms with van der Waals surface area (Å²) < 4.78 is 20.7. The van der Waals surface area contributed by atoms with Crippen LogP contribution in [0.3, 0.4) is 0 Å². The number of benzene rings is 2. The number of aliphatic hydroxyl groups is 1. The maximum Gasteiger partial charge on any atom is 0.263 e. The molecule has 0 unspecified atom stereocenters. The van der Waals surface area contributed by atoms with Gasteiger partial charge >= 0.3 is 0 Å². The number of para-hydroxylation sites is 1. The van der Waals surface area contributed by atoms with Crippen molar-refractivity contribution in [2.45, 2.75) is 26.6 Å². The van der Waals surface area contributed by atoms with Crippen LogP contribution >= 0.6 is 0 Å². The second kappa shape index (κ2) is 10.4. The molecule has 0 aliphatic carbocycles. The average molecular weight is 477 g/mol. The molecule has 5 N–H and O–H groups in total. The predicted octanol–water partition coefficient (Wildman–Crippen LogP) is 3.52. The molecule has 1 amide bonds. The Morgan fingerprint density at radius 1 is 1.20 bits per heavy atom. The van der Waals surface area contributed by atoms with Crippen LogP contribution in [0.2, 0.25) is 0 Å². The Bertz CT molecular complexity index is 1450. The monoisotopic (exact) mass is 476 g/mol. The molecule has 2 aromatic carbocycles. The quantitative estimate of drug-likeness (QED) is 0.308. The summed E-state index contributed by atoms with van der Waals surface area (Å²) in [5, 5.41) is 12.4. The standard InChI is InChI=1S/C26H25FN4O4/c1-2-9-30-25(33)22-23(28)19-5-3-4-18(24(19)31-26(22)34)20-12-17(6-7-21(20)27)35-14-16-11-15(13-32)8-10-29-16/h3-8,10-12,32H,2,9,13-14H2,1H3,(H,30,33)(H3,28,31,34). The summed E-state index contributed by atoms with van der Waals surface area (Å²) >= 11 is 0. The van der Waals surface area contributed by atoms with Crippen LogP contribution in [0, 0.1) is 5.82 Å². The zero-order chi connectivity index (χ0) is 24.9.